The van der Waals surface area contributed by atoms with Gasteiger partial charge in [-0.15, -0.1) is 0 Å². The van der Waals surface area contributed by atoms with Crippen LogP contribution in [-0.2, 0) is 20.9 Å². The zero-order valence-electron chi connectivity index (χ0n) is 13.1. The van der Waals surface area contributed by atoms with Crippen molar-refractivity contribution in [2.45, 2.75) is 25.2 Å². The minimum absolute atomic E-state index is 0.0307. The van der Waals surface area contributed by atoms with Crippen molar-refractivity contribution in [3.8, 4) is 0 Å². The zero-order chi connectivity index (χ0) is 16.1. The summed E-state index contributed by atoms with van der Waals surface area (Å²) in [6.45, 7) is 1.05. The van der Waals surface area contributed by atoms with Crippen LogP contribution in [0.15, 0.2) is 42.7 Å². The van der Waals surface area contributed by atoms with Crippen LogP contribution < -0.4 is 0 Å². The Labute approximate surface area is 135 Å². The number of benzene rings is 1. The number of aromatic nitrogens is 2. The Kier molecular flexibility index (Phi) is 5.05. The van der Waals surface area contributed by atoms with Gasteiger partial charge in [-0.25, -0.2) is 4.98 Å². The maximum absolute atomic E-state index is 12.5. The summed E-state index contributed by atoms with van der Waals surface area (Å²) >= 11 is 0. The number of rotatable bonds is 6. The lowest BCUT2D eigenvalue weighted by atomic mass is 10.2. The maximum atomic E-state index is 12.5. The molecule has 0 spiro atoms. The van der Waals surface area contributed by atoms with Crippen LogP contribution in [-0.4, -0.2) is 47.1 Å². The van der Waals surface area contributed by atoms with E-state index in [1.807, 2.05) is 30.3 Å². The predicted molar refractivity (Wildman–Crippen MR) is 84.6 cm³/mol. The van der Waals surface area contributed by atoms with Crippen LogP contribution in [0.5, 0.6) is 0 Å². The molecule has 1 amide bonds. The molecule has 1 aromatic carbocycles. The van der Waals surface area contributed by atoms with Crippen molar-refractivity contribution >= 4 is 5.91 Å². The van der Waals surface area contributed by atoms with Gasteiger partial charge in [0.1, 0.15) is 12.4 Å². The maximum Gasteiger partial charge on any atom is 0.249 e. The average Bonchev–Trinajstić information content (AvgIpc) is 3.24. The first kappa shape index (κ1) is 15.7. The van der Waals surface area contributed by atoms with Gasteiger partial charge in [0, 0.05) is 32.5 Å². The van der Waals surface area contributed by atoms with Crippen molar-refractivity contribution in [2.24, 2.45) is 0 Å². The molecule has 0 saturated carbocycles. The number of ether oxygens (including phenoxy) is 2. The van der Waals surface area contributed by atoms with Crippen molar-refractivity contribution in [2.75, 3.05) is 20.3 Å². The summed E-state index contributed by atoms with van der Waals surface area (Å²) in [4.78, 5) is 21.7. The molecule has 6 nitrogen and oxygen atoms in total. The average molecular weight is 315 g/mol. The van der Waals surface area contributed by atoms with Crippen LogP contribution in [0, 0.1) is 0 Å². The molecule has 0 radical (unpaired) electrons. The molecule has 1 aliphatic rings. The van der Waals surface area contributed by atoms with Crippen molar-refractivity contribution < 1.29 is 14.3 Å². The van der Waals surface area contributed by atoms with Crippen LogP contribution in [0.2, 0.25) is 0 Å². The summed E-state index contributed by atoms with van der Waals surface area (Å²) in [5.74, 6) is 0.753. The number of carbonyl (C=O) groups excluding carboxylic acids is 1. The molecule has 1 saturated heterocycles. The van der Waals surface area contributed by atoms with Gasteiger partial charge >= 0.3 is 0 Å². The fourth-order valence-corrected chi connectivity index (χ4v) is 2.88. The molecule has 1 unspecified atom stereocenters. The molecule has 6 heteroatoms. The lowest BCUT2D eigenvalue weighted by Gasteiger charge is -2.22. The van der Waals surface area contributed by atoms with E-state index in [1.54, 1.807) is 24.4 Å². The number of carbonyl (C=O) groups is 1. The molecule has 0 aliphatic carbocycles. The number of aromatic amines is 1. The number of amides is 1. The van der Waals surface area contributed by atoms with Crippen LogP contribution >= 0.6 is 0 Å². The first-order valence-corrected chi connectivity index (χ1v) is 7.71. The molecule has 0 bridgehead atoms. The van der Waals surface area contributed by atoms with Crippen molar-refractivity contribution in [1.82, 2.24) is 14.9 Å². The molecule has 2 heterocycles. The van der Waals surface area contributed by atoms with Gasteiger partial charge in [-0.1, -0.05) is 30.3 Å². The Morgan fingerprint density at radius 3 is 2.91 bits per heavy atom. The van der Waals surface area contributed by atoms with Gasteiger partial charge in [0.15, 0.2) is 0 Å². The molecule has 2 aromatic rings. The fourth-order valence-electron chi connectivity index (χ4n) is 2.88. The second-order valence-corrected chi connectivity index (χ2v) is 5.61. The highest BCUT2D eigenvalue weighted by Crippen LogP contribution is 2.31. The predicted octanol–water partition coefficient (Wildman–Crippen LogP) is 1.91. The third-order valence-electron chi connectivity index (χ3n) is 4.09. The summed E-state index contributed by atoms with van der Waals surface area (Å²) in [5, 5.41) is 0. The first-order valence-electron chi connectivity index (χ1n) is 7.71. The number of H-pyrrole nitrogens is 1. The van der Waals surface area contributed by atoms with E-state index in [1.165, 1.54) is 0 Å². The lowest BCUT2D eigenvalue weighted by molar-refractivity contribution is -0.138. The van der Waals surface area contributed by atoms with Gasteiger partial charge in [0.05, 0.1) is 18.8 Å². The number of imidazole rings is 1. The van der Waals surface area contributed by atoms with Crippen molar-refractivity contribution in [3.05, 3.63) is 54.1 Å². The Bertz CT molecular complexity index is 615. The number of nitrogens with one attached hydrogen (secondary N) is 1. The van der Waals surface area contributed by atoms with Gasteiger partial charge in [0.25, 0.3) is 0 Å². The van der Waals surface area contributed by atoms with Crippen molar-refractivity contribution in [1.29, 1.82) is 0 Å². The van der Waals surface area contributed by atoms with Gasteiger partial charge < -0.3 is 19.4 Å². The van der Waals surface area contributed by atoms with Gasteiger partial charge in [0.2, 0.25) is 5.91 Å². The van der Waals surface area contributed by atoms with Gasteiger partial charge in [-0.2, -0.15) is 0 Å². The summed E-state index contributed by atoms with van der Waals surface area (Å²) in [5.41, 5.74) is 1.05. The van der Waals surface area contributed by atoms with E-state index in [4.69, 9.17) is 9.47 Å². The molecule has 2 atom stereocenters. The van der Waals surface area contributed by atoms with Crippen molar-refractivity contribution in [3.63, 3.8) is 0 Å². The third kappa shape index (κ3) is 3.78. The Morgan fingerprint density at radius 2 is 2.22 bits per heavy atom. The smallest absolute Gasteiger partial charge is 0.249 e. The molecule has 1 aromatic heterocycles. The largest absolute Gasteiger partial charge is 0.380 e. The highest BCUT2D eigenvalue weighted by atomic mass is 16.5. The second-order valence-electron chi connectivity index (χ2n) is 5.61. The summed E-state index contributed by atoms with van der Waals surface area (Å²) in [7, 11) is 1.67. The first-order chi connectivity index (χ1) is 11.3. The molecule has 122 valence electrons. The SMILES string of the molecule is CO[C@@H]1CC(c2ncc[nH]2)N(C(=O)COCc2ccccc2)C1. The summed E-state index contributed by atoms with van der Waals surface area (Å²) < 4.78 is 11.0. The van der Waals surface area contributed by atoms with Gasteiger partial charge in [-0.3, -0.25) is 4.79 Å². The van der Waals surface area contributed by atoms with E-state index in [2.05, 4.69) is 9.97 Å². The molecule has 1 fully saturated rings. The van der Waals surface area contributed by atoms with Gasteiger partial charge in [-0.05, 0) is 5.56 Å². The highest BCUT2D eigenvalue weighted by Gasteiger charge is 2.37. The molecule has 1 aliphatic heterocycles. The number of likely N-dealkylation sites (tertiary alicyclic amines) is 1. The van der Waals surface area contributed by atoms with E-state index in [9.17, 15) is 4.79 Å². The van der Waals surface area contributed by atoms with E-state index >= 15 is 0 Å². The third-order valence-corrected chi connectivity index (χ3v) is 4.09. The topological polar surface area (TPSA) is 67.5 Å². The normalized spacial score (nSPS) is 20.8. The summed E-state index contributed by atoms with van der Waals surface area (Å²) in [6.07, 6.45) is 4.24. The molecule has 1 N–H and O–H groups in total. The molecule has 23 heavy (non-hydrogen) atoms. The monoisotopic (exact) mass is 315 g/mol. The van der Waals surface area contributed by atoms with Crippen LogP contribution in [0.3, 0.4) is 0 Å². The second kappa shape index (κ2) is 7.39. The van der Waals surface area contributed by atoms with Crippen LogP contribution in [0.4, 0.5) is 0 Å². The Hall–Kier alpha value is -2.18. The van der Waals surface area contributed by atoms with E-state index in [0.29, 0.717) is 13.2 Å². The zero-order valence-corrected chi connectivity index (χ0v) is 13.1. The number of methoxy groups -OCH3 is 1. The minimum atomic E-state index is -0.0808. The van der Waals surface area contributed by atoms with E-state index < -0.39 is 0 Å². The fraction of sp³-hybridized carbons (Fsp3) is 0.412. The minimum Gasteiger partial charge on any atom is -0.380 e. The molecular formula is C17H21N3O3. The lowest BCUT2D eigenvalue weighted by Crippen LogP contribution is -2.35. The highest BCUT2D eigenvalue weighted by molar-refractivity contribution is 5.78. The Morgan fingerprint density at radius 1 is 1.39 bits per heavy atom. The summed E-state index contributed by atoms with van der Waals surface area (Å²) in [6, 6.07) is 9.74. The quantitative estimate of drug-likeness (QED) is 0.884. The van der Waals surface area contributed by atoms with E-state index in [0.717, 1.165) is 17.8 Å². The standard InChI is InChI=1S/C17H21N3O3/c1-22-14-9-15(17-18-7-8-19-17)20(10-14)16(21)12-23-11-13-5-3-2-4-6-13/h2-8,14-15H,9-12H2,1H3,(H,18,19)/t14-,15?/m1/s1. The molecular weight excluding hydrogens is 294 g/mol. The Balaban J connectivity index is 1.58. The molecule has 3 rings (SSSR count). The van der Waals surface area contributed by atoms with Crippen LogP contribution in [0.25, 0.3) is 0 Å². The number of nitrogens with zero attached hydrogens (tertiary/aromatic N) is 2. The number of hydrogen-bond acceptors (Lipinski definition) is 4. The van der Waals surface area contributed by atoms with E-state index in [-0.39, 0.29) is 24.7 Å². The number of hydrogen-bond donors (Lipinski definition) is 1. The van der Waals surface area contributed by atoms with Crippen LogP contribution in [0.1, 0.15) is 23.9 Å².